The Bertz CT molecular complexity index is 555. The van der Waals surface area contributed by atoms with Crippen molar-refractivity contribution in [3.05, 3.63) is 30.1 Å². The first-order valence-electron chi connectivity index (χ1n) is 6.36. The normalized spacial score (nSPS) is 11.5. The summed E-state index contributed by atoms with van der Waals surface area (Å²) >= 11 is 0. The molecule has 0 aliphatic heterocycles. The lowest BCUT2D eigenvalue weighted by molar-refractivity contribution is 0.141. The molecule has 0 atom stereocenters. The van der Waals surface area contributed by atoms with E-state index < -0.39 is 12.2 Å². The molecule has 0 amide bonds. The monoisotopic (exact) mass is 265 g/mol. The van der Waals surface area contributed by atoms with Gasteiger partial charge in [0, 0.05) is 11.9 Å². The third-order valence-corrected chi connectivity index (χ3v) is 2.83. The summed E-state index contributed by atoms with van der Waals surface area (Å²) in [5.74, 6) is 0.613. The first-order valence-corrected chi connectivity index (χ1v) is 6.36. The molecule has 0 saturated carbocycles. The van der Waals surface area contributed by atoms with Crippen LogP contribution in [0.2, 0.25) is 0 Å². The number of nitrogens with zero attached hydrogens (tertiary/aromatic N) is 2. The maximum atomic E-state index is 12.8. The van der Waals surface area contributed by atoms with Crippen LogP contribution in [0, 0.1) is 5.92 Å². The zero-order valence-corrected chi connectivity index (χ0v) is 11.0. The molecule has 0 bridgehead atoms. The molecule has 2 rings (SSSR count). The maximum Gasteiger partial charge on any atom is 0.297 e. The highest BCUT2D eigenvalue weighted by Crippen LogP contribution is 2.24. The molecule has 0 saturated heterocycles. The predicted molar refractivity (Wildman–Crippen MR) is 72.4 cm³/mol. The van der Waals surface area contributed by atoms with Crippen LogP contribution < -0.4 is 5.32 Å². The fourth-order valence-corrected chi connectivity index (χ4v) is 1.81. The van der Waals surface area contributed by atoms with E-state index in [4.69, 9.17) is 0 Å². The Morgan fingerprint density at radius 1 is 1.16 bits per heavy atom. The second-order valence-corrected chi connectivity index (χ2v) is 4.86. The minimum atomic E-state index is -2.66. The predicted octanol–water partition coefficient (Wildman–Crippen LogP) is 4.03. The Kier molecular flexibility index (Phi) is 4.24. The average molecular weight is 265 g/mol. The topological polar surface area (TPSA) is 37.8 Å². The highest BCUT2D eigenvalue weighted by atomic mass is 19.3. The van der Waals surface area contributed by atoms with Gasteiger partial charge in [-0.25, -0.2) is 18.7 Å². The lowest BCUT2D eigenvalue weighted by atomic mass is 10.1. The van der Waals surface area contributed by atoms with Crippen molar-refractivity contribution in [3.8, 4) is 0 Å². The molecule has 0 fully saturated rings. The minimum Gasteiger partial charge on any atom is -0.369 e. The summed E-state index contributed by atoms with van der Waals surface area (Å²) < 4.78 is 25.5. The standard InChI is InChI=1S/C14H17F2N3/c1-9(2)7-8-17-13-10-5-3-4-6-11(10)18-14(19-13)12(15)16/h3-6,9,12H,7-8H2,1-2H3,(H,17,18,19). The fourth-order valence-electron chi connectivity index (χ4n) is 1.81. The van der Waals surface area contributed by atoms with E-state index in [1.807, 2.05) is 12.1 Å². The van der Waals surface area contributed by atoms with E-state index in [2.05, 4.69) is 29.1 Å². The maximum absolute atomic E-state index is 12.8. The van der Waals surface area contributed by atoms with Crippen LogP contribution in [-0.4, -0.2) is 16.5 Å². The number of hydrogen-bond donors (Lipinski definition) is 1. The SMILES string of the molecule is CC(C)CCNc1nc(C(F)F)nc2ccccc12. The van der Waals surface area contributed by atoms with E-state index in [1.165, 1.54) is 0 Å². The van der Waals surface area contributed by atoms with Gasteiger partial charge in [-0.1, -0.05) is 26.0 Å². The molecule has 1 aromatic heterocycles. The van der Waals surface area contributed by atoms with Gasteiger partial charge in [-0.05, 0) is 24.5 Å². The summed E-state index contributed by atoms with van der Waals surface area (Å²) in [6, 6.07) is 7.18. The first kappa shape index (κ1) is 13.6. The summed E-state index contributed by atoms with van der Waals surface area (Å²) in [5, 5.41) is 3.90. The highest BCUT2D eigenvalue weighted by Gasteiger charge is 2.14. The average Bonchev–Trinajstić information content (AvgIpc) is 2.38. The number of benzene rings is 1. The second kappa shape index (κ2) is 5.91. The van der Waals surface area contributed by atoms with Crippen molar-refractivity contribution in [1.29, 1.82) is 0 Å². The van der Waals surface area contributed by atoms with Gasteiger partial charge in [0.25, 0.3) is 6.43 Å². The van der Waals surface area contributed by atoms with Crippen LogP contribution in [0.25, 0.3) is 10.9 Å². The molecular formula is C14H17F2N3. The summed E-state index contributed by atoms with van der Waals surface area (Å²) in [6.07, 6.45) is -1.70. The number of nitrogens with one attached hydrogen (secondary N) is 1. The largest absolute Gasteiger partial charge is 0.369 e. The Morgan fingerprint density at radius 2 is 1.89 bits per heavy atom. The highest BCUT2D eigenvalue weighted by molar-refractivity contribution is 5.88. The van der Waals surface area contributed by atoms with E-state index in [0.717, 1.165) is 11.8 Å². The third kappa shape index (κ3) is 3.36. The molecule has 0 radical (unpaired) electrons. The number of anilines is 1. The Hall–Kier alpha value is -1.78. The summed E-state index contributed by atoms with van der Waals surface area (Å²) in [7, 11) is 0. The van der Waals surface area contributed by atoms with Gasteiger partial charge in [-0.2, -0.15) is 0 Å². The number of para-hydroxylation sites is 1. The van der Waals surface area contributed by atoms with E-state index >= 15 is 0 Å². The molecule has 102 valence electrons. The van der Waals surface area contributed by atoms with E-state index in [-0.39, 0.29) is 0 Å². The first-order chi connectivity index (χ1) is 9.08. The van der Waals surface area contributed by atoms with Crippen molar-refractivity contribution < 1.29 is 8.78 Å². The molecule has 0 aliphatic rings. The molecule has 19 heavy (non-hydrogen) atoms. The second-order valence-electron chi connectivity index (χ2n) is 4.86. The van der Waals surface area contributed by atoms with Crippen molar-refractivity contribution in [2.24, 2.45) is 5.92 Å². The molecule has 2 aromatic rings. The lowest BCUT2D eigenvalue weighted by Gasteiger charge is -2.11. The summed E-state index contributed by atoms with van der Waals surface area (Å²) in [6.45, 7) is 4.94. The van der Waals surface area contributed by atoms with E-state index in [1.54, 1.807) is 12.1 Å². The summed E-state index contributed by atoms with van der Waals surface area (Å²) in [4.78, 5) is 7.80. The lowest BCUT2D eigenvalue weighted by Crippen LogP contribution is -2.09. The molecule has 3 nitrogen and oxygen atoms in total. The van der Waals surface area contributed by atoms with Crippen molar-refractivity contribution in [3.63, 3.8) is 0 Å². The number of fused-ring (bicyclic) bond motifs is 1. The number of rotatable bonds is 5. The van der Waals surface area contributed by atoms with Gasteiger partial charge in [0.15, 0.2) is 5.82 Å². The van der Waals surface area contributed by atoms with Crippen molar-refractivity contribution in [2.45, 2.75) is 26.7 Å². The zero-order chi connectivity index (χ0) is 13.8. The van der Waals surface area contributed by atoms with Gasteiger partial charge in [0.1, 0.15) is 5.82 Å². The Morgan fingerprint density at radius 3 is 2.58 bits per heavy atom. The van der Waals surface area contributed by atoms with Gasteiger partial charge in [-0.15, -0.1) is 0 Å². The van der Waals surface area contributed by atoms with Gasteiger partial charge < -0.3 is 5.32 Å². The third-order valence-electron chi connectivity index (χ3n) is 2.83. The van der Waals surface area contributed by atoms with Gasteiger partial charge >= 0.3 is 0 Å². The molecule has 1 heterocycles. The number of hydrogen-bond acceptors (Lipinski definition) is 3. The van der Waals surface area contributed by atoms with Crippen LogP contribution >= 0.6 is 0 Å². The van der Waals surface area contributed by atoms with Crippen molar-refractivity contribution in [1.82, 2.24) is 9.97 Å². The number of aromatic nitrogens is 2. The van der Waals surface area contributed by atoms with Crippen LogP contribution in [0.3, 0.4) is 0 Å². The van der Waals surface area contributed by atoms with Crippen LogP contribution in [0.15, 0.2) is 24.3 Å². The molecule has 0 spiro atoms. The zero-order valence-electron chi connectivity index (χ0n) is 11.0. The van der Waals surface area contributed by atoms with Gasteiger partial charge in [0.05, 0.1) is 5.52 Å². The molecule has 5 heteroatoms. The van der Waals surface area contributed by atoms with Gasteiger partial charge in [0.2, 0.25) is 0 Å². The molecule has 1 N–H and O–H groups in total. The number of alkyl halides is 2. The Balaban J connectivity index is 2.33. The molecule has 1 aromatic carbocycles. The van der Waals surface area contributed by atoms with Crippen LogP contribution in [-0.2, 0) is 0 Å². The van der Waals surface area contributed by atoms with Crippen molar-refractivity contribution in [2.75, 3.05) is 11.9 Å². The van der Waals surface area contributed by atoms with E-state index in [9.17, 15) is 8.78 Å². The van der Waals surface area contributed by atoms with Crippen LogP contribution in [0.1, 0.15) is 32.5 Å². The van der Waals surface area contributed by atoms with Crippen LogP contribution in [0.4, 0.5) is 14.6 Å². The molecule has 0 unspecified atom stereocenters. The number of halogens is 2. The van der Waals surface area contributed by atoms with Gasteiger partial charge in [-0.3, -0.25) is 0 Å². The molecule has 0 aliphatic carbocycles. The smallest absolute Gasteiger partial charge is 0.297 e. The quantitative estimate of drug-likeness (QED) is 0.887. The summed E-state index contributed by atoms with van der Waals surface area (Å²) in [5.41, 5.74) is 0.542. The van der Waals surface area contributed by atoms with Crippen LogP contribution in [0.5, 0.6) is 0 Å². The van der Waals surface area contributed by atoms with E-state index in [0.29, 0.717) is 23.8 Å². The fraction of sp³-hybridized carbons (Fsp3) is 0.429. The van der Waals surface area contributed by atoms with Crippen molar-refractivity contribution >= 4 is 16.7 Å². The molecular weight excluding hydrogens is 248 g/mol. The Labute approximate surface area is 111 Å². The minimum absolute atomic E-state index is 0.425.